The van der Waals surface area contributed by atoms with Crippen LogP contribution in [0.4, 0.5) is 0 Å². The highest BCUT2D eigenvalue weighted by Crippen LogP contribution is 2.16. The third kappa shape index (κ3) is 4.73. The minimum atomic E-state index is -0.993. The predicted octanol–water partition coefficient (Wildman–Crippen LogP) is 1.65. The summed E-state index contributed by atoms with van der Waals surface area (Å²) in [5.41, 5.74) is 0.182. The second kappa shape index (κ2) is 7.56. The van der Waals surface area contributed by atoms with E-state index in [0.29, 0.717) is 44.2 Å². The van der Waals surface area contributed by atoms with Crippen LogP contribution in [0, 0.1) is 18.3 Å². The predicted molar refractivity (Wildman–Crippen MR) is 67.8 cm³/mol. The average Bonchev–Trinajstić information content (AvgIpc) is 2.73. The zero-order valence-electron chi connectivity index (χ0n) is 11.2. The summed E-state index contributed by atoms with van der Waals surface area (Å²) in [7, 11) is 1.61. The first-order chi connectivity index (χ1) is 9.08. The first kappa shape index (κ1) is 15.2. The summed E-state index contributed by atoms with van der Waals surface area (Å²) in [5, 5.41) is 17.6. The van der Waals surface area contributed by atoms with Gasteiger partial charge in [-0.25, -0.2) is 4.79 Å². The molecule has 0 aromatic carbocycles. The first-order valence-electron chi connectivity index (χ1n) is 5.99. The molecule has 0 saturated heterocycles. The summed E-state index contributed by atoms with van der Waals surface area (Å²) >= 11 is 0. The Morgan fingerprint density at radius 3 is 2.84 bits per heavy atom. The van der Waals surface area contributed by atoms with Crippen LogP contribution in [0.15, 0.2) is 10.5 Å². The van der Waals surface area contributed by atoms with Gasteiger partial charge in [-0.05, 0) is 13.0 Å². The number of aromatic carboxylic acids is 1. The van der Waals surface area contributed by atoms with Gasteiger partial charge in [0.2, 0.25) is 0 Å². The van der Waals surface area contributed by atoms with Gasteiger partial charge in [-0.15, -0.1) is 0 Å². The van der Waals surface area contributed by atoms with Crippen LogP contribution < -0.4 is 0 Å². The number of aryl methyl sites for hydroxylation is 1. The normalized spacial score (nSPS) is 10.6. The Bertz CT molecular complexity index is 462. The lowest BCUT2D eigenvalue weighted by molar-refractivity contribution is 0.0695. The SMILES string of the molecule is COCCN(CCC#N)Cc1cc(C(=O)O)c(C)o1. The molecule has 0 aliphatic rings. The van der Waals surface area contributed by atoms with Crippen molar-refractivity contribution in [3.63, 3.8) is 0 Å². The average molecular weight is 266 g/mol. The second-order valence-corrected chi connectivity index (χ2v) is 4.16. The highest BCUT2D eigenvalue weighted by molar-refractivity contribution is 5.88. The van der Waals surface area contributed by atoms with Gasteiger partial charge in [0.25, 0.3) is 0 Å². The third-order valence-corrected chi connectivity index (χ3v) is 2.73. The third-order valence-electron chi connectivity index (χ3n) is 2.73. The molecule has 19 heavy (non-hydrogen) atoms. The molecule has 0 aliphatic heterocycles. The van der Waals surface area contributed by atoms with E-state index >= 15 is 0 Å². The largest absolute Gasteiger partial charge is 0.478 e. The molecule has 1 heterocycles. The number of carboxylic acids is 1. The molecule has 6 nitrogen and oxygen atoms in total. The van der Waals surface area contributed by atoms with Crippen molar-refractivity contribution in [1.29, 1.82) is 5.26 Å². The van der Waals surface area contributed by atoms with Crippen molar-refractivity contribution in [2.75, 3.05) is 26.8 Å². The van der Waals surface area contributed by atoms with Crippen LogP contribution in [-0.2, 0) is 11.3 Å². The summed E-state index contributed by atoms with van der Waals surface area (Å²) in [6.07, 6.45) is 0.412. The molecule has 0 fully saturated rings. The highest BCUT2D eigenvalue weighted by Gasteiger charge is 2.15. The number of nitrogens with zero attached hydrogens (tertiary/aromatic N) is 2. The van der Waals surface area contributed by atoms with Crippen LogP contribution in [0.5, 0.6) is 0 Å². The Balaban J connectivity index is 2.69. The molecule has 1 aromatic heterocycles. The van der Waals surface area contributed by atoms with Crippen LogP contribution in [0.1, 0.15) is 28.3 Å². The van der Waals surface area contributed by atoms with E-state index in [0.717, 1.165) is 0 Å². The lowest BCUT2D eigenvalue weighted by atomic mass is 10.2. The molecular formula is C13H18N2O4. The van der Waals surface area contributed by atoms with Gasteiger partial charge < -0.3 is 14.3 Å². The van der Waals surface area contributed by atoms with E-state index in [2.05, 4.69) is 6.07 Å². The Morgan fingerprint density at radius 2 is 2.32 bits per heavy atom. The molecule has 0 bridgehead atoms. The van der Waals surface area contributed by atoms with Crippen molar-refractivity contribution in [3.8, 4) is 6.07 Å². The lowest BCUT2D eigenvalue weighted by Crippen LogP contribution is -2.27. The topological polar surface area (TPSA) is 86.7 Å². The molecule has 6 heteroatoms. The fourth-order valence-corrected chi connectivity index (χ4v) is 1.75. The van der Waals surface area contributed by atoms with E-state index in [1.165, 1.54) is 6.07 Å². The lowest BCUT2D eigenvalue weighted by Gasteiger charge is -2.19. The minimum absolute atomic E-state index is 0.182. The van der Waals surface area contributed by atoms with Gasteiger partial charge in [-0.3, -0.25) is 4.90 Å². The van der Waals surface area contributed by atoms with Crippen molar-refractivity contribution >= 4 is 5.97 Å². The first-order valence-corrected chi connectivity index (χ1v) is 5.99. The van der Waals surface area contributed by atoms with Gasteiger partial charge >= 0.3 is 5.97 Å². The Labute approximate surface area is 112 Å². The zero-order chi connectivity index (χ0) is 14.3. The maximum atomic E-state index is 10.9. The molecular weight excluding hydrogens is 248 g/mol. The summed E-state index contributed by atoms with van der Waals surface area (Å²) in [4.78, 5) is 12.9. The van der Waals surface area contributed by atoms with E-state index < -0.39 is 5.97 Å². The van der Waals surface area contributed by atoms with E-state index in [1.54, 1.807) is 14.0 Å². The summed E-state index contributed by atoms with van der Waals surface area (Å²) in [6, 6.07) is 3.62. The van der Waals surface area contributed by atoms with Gasteiger partial charge in [-0.1, -0.05) is 0 Å². The van der Waals surface area contributed by atoms with E-state index in [1.807, 2.05) is 4.90 Å². The summed E-state index contributed by atoms with van der Waals surface area (Å²) in [5.74, 6) is -0.00798. The quantitative estimate of drug-likeness (QED) is 0.769. The van der Waals surface area contributed by atoms with Crippen molar-refractivity contribution in [1.82, 2.24) is 4.90 Å². The molecule has 1 rings (SSSR count). The van der Waals surface area contributed by atoms with Crippen LogP contribution >= 0.6 is 0 Å². The number of carbonyl (C=O) groups is 1. The number of rotatable bonds is 8. The standard InChI is InChI=1S/C13H18N2O4/c1-10-12(13(16)17)8-11(19-10)9-15(5-3-4-14)6-7-18-2/h8H,3,5-7,9H2,1-2H3,(H,16,17). The van der Waals surface area contributed by atoms with Gasteiger partial charge in [0.1, 0.15) is 17.1 Å². The number of ether oxygens (including phenoxy) is 1. The zero-order valence-corrected chi connectivity index (χ0v) is 11.2. The number of methoxy groups -OCH3 is 1. The van der Waals surface area contributed by atoms with Crippen LogP contribution in [0.25, 0.3) is 0 Å². The molecule has 0 spiro atoms. The number of carboxylic acid groups (broad SMARTS) is 1. The maximum Gasteiger partial charge on any atom is 0.339 e. The Hall–Kier alpha value is -1.84. The van der Waals surface area contributed by atoms with Crippen molar-refractivity contribution in [3.05, 3.63) is 23.2 Å². The van der Waals surface area contributed by atoms with Crippen molar-refractivity contribution in [2.24, 2.45) is 0 Å². The fourth-order valence-electron chi connectivity index (χ4n) is 1.75. The molecule has 0 saturated carbocycles. The maximum absolute atomic E-state index is 10.9. The van der Waals surface area contributed by atoms with Crippen LogP contribution in [0.2, 0.25) is 0 Å². The number of hydrogen-bond acceptors (Lipinski definition) is 5. The highest BCUT2D eigenvalue weighted by atomic mass is 16.5. The number of furan rings is 1. The molecule has 0 atom stereocenters. The van der Waals surface area contributed by atoms with Gasteiger partial charge in [0.05, 0.1) is 19.2 Å². The smallest absolute Gasteiger partial charge is 0.339 e. The van der Waals surface area contributed by atoms with Gasteiger partial charge in [0, 0.05) is 26.6 Å². The summed E-state index contributed by atoms with van der Waals surface area (Å²) in [6.45, 7) is 3.92. The molecule has 1 N–H and O–H groups in total. The molecule has 1 aromatic rings. The van der Waals surface area contributed by atoms with Crippen molar-refractivity contribution < 1.29 is 19.1 Å². The molecule has 0 radical (unpaired) electrons. The molecule has 0 amide bonds. The van der Waals surface area contributed by atoms with Crippen LogP contribution in [0.3, 0.4) is 0 Å². The van der Waals surface area contributed by atoms with Gasteiger partial charge in [0.15, 0.2) is 0 Å². The number of hydrogen-bond donors (Lipinski definition) is 1. The van der Waals surface area contributed by atoms with E-state index in [-0.39, 0.29) is 5.56 Å². The molecule has 104 valence electrons. The summed E-state index contributed by atoms with van der Waals surface area (Å²) < 4.78 is 10.4. The fraction of sp³-hybridized carbons (Fsp3) is 0.538. The van der Waals surface area contributed by atoms with E-state index in [4.69, 9.17) is 19.5 Å². The Morgan fingerprint density at radius 1 is 1.58 bits per heavy atom. The van der Waals surface area contributed by atoms with Gasteiger partial charge in [-0.2, -0.15) is 5.26 Å². The van der Waals surface area contributed by atoms with E-state index in [9.17, 15) is 4.79 Å². The molecule has 0 aliphatic carbocycles. The molecule has 0 unspecified atom stereocenters. The second-order valence-electron chi connectivity index (χ2n) is 4.16. The monoisotopic (exact) mass is 266 g/mol. The Kier molecular flexibility index (Phi) is 6.06. The van der Waals surface area contributed by atoms with Crippen LogP contribution in [-0.4, -0.2) is 42.8 Å². The number of nitriles is 1. The van der Waals surface area contributed by atoms with Crippen molar-refractivity contribution in [2.45, 2.75) is 19.9 Å². The minimum Gasteiger partial charge on any atom is -0.478 e.